The third-order valence-electron chi connectivity index (χ3n) is 5.41. The van der Waals surface area contributed by atoms with Crippen molar-refractivity contribution < 1.29 is 0 Å². The van der Waals surface area contributed by atoms with E-state index in [0.29, 0.717) is 0 Å². The maximum Gasteiger partial charge on any atom is 0.0697 e. The Morgan fingerprint density at radius 2 is 1.23 bits per heavy atom. The molecule has 30 heavy (non-hydrogen) atoms. The molecule has 0 saturated heterocycles. The topological polar surface area (TPSA) is 38.0 Å². The number of rotatable bonds is 4. The van der Waals surface area contributed by atoms with Crippen molar-refractivity contribution in [1.82, 2.24) is 0 Å². The smallest absolute Gasteiger partial charge is 0.0697 e. The summed E-state index contributed by atoms with van der Waals surface area (Å²) in [5.41, 5.74) is 15.1. The van der Waals surface area contributed by atoms with Crippen LogP contribution in [0.15, 0.2) is 97.1 Å². The van der Waals surface area contributed by atoms with Gasteiger partial charge in [-0.15, -0.1) is 0 Å². The molecule has 0 aliphatic carbocycles. The molecule has 4 aromatic carbocycles. The Morgan fingerprint density at radius 1 is 0.633 bits per heavy atom. The summed E-state index contributed by atoms with van der Waals surface area (Å²) in [6, 6.07) is 33.6. The van der Waals surface area contributed by atoms with Crippen LogP contribution >= 0.6 is 0 Å². The maximum atomic E-state index is 6.46. The average molecular weight is 393 g/mol. The van der Waals surface area contributed by atoms with E-state index in [1.165, 1.54) is 11.1 Å². The average Bonchev–Trinajstić information content (AvgIpc) is 2.76. The Balaban J connectivity index is 1.87. The van der Waals surface area contributed by atoms with Gasteiger partial charge in [-0.1, -0.05) is 106 Å². The van der Waals surface area contributed by atoms with Crippen molar-refractivity contribution in [2.45, 2.75) is 26.2 Å². The van der Waals surface area contributed by atoms with E-state index in [2.05, 4.69) is 98.9 Å². The lowest BCUT2D eigenvalue weighted by Crippen LogP contribution is -2.11. The Morgan fingerprint density at radius 3 is 1.83 bits per heavy atom. The van der Waals surface area contributed by atoms with Crippen molar-refractivity contribution in [3.8, 4) is 22.3 Å². The first kappa shape index (κ1) is 19.8. The molecule has 0 radical (unpaired) electrons. The zero-order valence-corrected chi connectivity index (χ0v) is 17.8. The number of nitrogen functional groups attached to an aromatic ring is 1. The molecule has 0 bridgehead atoms. The quantitative estimate of drug-likeness (QED) is 0.350. The van der Waals surface area contributed by atoms with Gasteiger partial charge < -0.3 is 11.1 Å². The number of para-hydroxylation sites is 1. The first-order valence-corrected chi connectivity index (χ1v) is 10.3. The Kier molecular flexibility index (Phi) is 5.33. The predicted molar refractivity (Wildman–Crippen MR) is 130 cm³/mol. The molecule has 0 fully saturated rings. The highest BCUT2D eigenvalue weighted by molar-refractivity contribution is 5.92. The van der Waals surface area contributed by atoms with Crippen molar-refractivity contribution >= 4 is 17.1 Å². The van der Waals surface area contributed by atoms with Gasteiger partial charge in [0, 0.05) is 16.8 Å². The minimum atomic E-state index is 0.0517. The highest BCUT2D eigenvalue weighted by Crippen LogP contribution is 2.39. The first-order chi connectivity index (χ1) is 14.4. The van der Waals surface area contributed by atoms with Crippen molar-refractivity contribution in [3.63, 3.8) is 0 Å². The third-order valence-corrected chi connectivity index (χ3v) is 5.41. The van der Waals surface area contributed by atoms with Crippen LogP contribution in [0.25, 0.3) is 22.3 Å². The van der Waals surface area contributed by atoms with E-state index < -0.39 is 0 Å². The minimum absolute atomic E-state index is 0.0517. The summed E-state index contributed by atoms with van der Waals surface area (Å²) in [5.74, 6) is 0. The van der Waals surface area contributed by atoms with Gasteiger partial charge in [0.1, 0.15) is 0 Å². The molecule has 3 N–H and O–H groups in total. The molecule has 0 saturated carbocycles. The highest BCUT2D eigenvalue weighted by atomic mass is 14.9. The summed E-state index contributed by atoms with van der Waals surface area (Å²) < 4.78 is 0. The predicted octanol–water partition coefficient (Wildman–Crippen LogP) is 7.64. The van der Waals surface area contributed by atoms with Gasteiger partial charge in [-0.25, -0.2) is 0 Å². The fourth-order valence-corrected chi connectivity index (χ4v) is 3.69. The van der Waals surface area contributed by atoms with Crippen LogP contribution in [0.2, 0.25) is 0 Å². The van der Waals surface area contributed by atoms with Crippen LogP contribution in [-0.2, 0) is 5.41 Å². The molecule has 0 atom stereocenters. The largest absolute Gasteiger partial charge is 0.397 e. The number of hydrogen-bond acceptors (Lipinski definition) is 2. The van der Waals surface area contributed by atoms with Gasteiger partial charge >= 0.3 is 0 Å². The van der Waals surface area contributed by atoms with Crippen LogP contribution < -0.4 is 11.1 Å². The normalized spacial score (nSPS) is 11.3. The van der Waals surface area contributed by atoms with Crippen molar-refractivity contribution in [2.24, 2.45) is 0 Å². The van der Waals surface area contributed by atoms with Crippen LogP contribution in [0.1, 0.15) is 26.3 Å². The fraction of sp³-hybridized carbons (Fsp3) is 0.143. The molecule has 2 nitrogen and oxygen atoms in total. The number of benzene rings is 4. The molecule has 0 spiro atoms. The molecular weight excluding hydrogens is 364 g/mol. The first-order valence-electron chi connectivity index (χ1n) is 10.3. The van der Waals surface area contributed by atoms with Crippen LogP contribution in [0.4, 0.5) is 17.1 Å². The summed E-state index contributed by atoms with van der Waals surface area (Å²) >= 11 is 0. The standard InChI is InChI=1S/C28H28N2/c1-28(2,3)22-17-18-23(20-11-6-4-7-12-20)26(19-22)30-27-24(15-10-16-25(27)29)21-13-8-5-9-14-21/h4-19,30H,29H2,1-3H3. The van der Waals surface area contributed by atoms with E-state index >= 15 is 0 Å². The van der Waals surface area contributed by atoms with E-state index in [1.807, 2.05) is 24.3 Å². The van der Waals surface area contributed by atoms with E-state index in [4.69, 9.17) is 5.73 Å². The lowest BCUT2D eigenvalue weighted by molar-refractivity contribution is 0.590. The fourth-order valence-electron chi connectivity index (χ4n) is 3.69. The molecule has 0 amide bonds. The van der Waals surface area contributed by atoms with Crippen LogP contribution in [0.3, 0.4) is 0 Å². The summed E-state index contributed by atoms with van der Waals surface area (Å²) in [6.07, 6.45) is 0. The molecule has 0 aliphatic rings. The second-order valence-corrected chi connectivity index (χ2v) is 8.64. The van der Waals surface area contributed by atoms with E-state index in [1.54, 1.807) is 0 Å². The lowest BCUT2D eigenvalue weighted by atomic mass is 9.85. The maximum absolute atomic E-state index is 6.46. The van der Waals surface area contributed by atoms with E-state index in [0.717, 1.165) is 33.8 Å². The number of anilines is 3. The Labute approximate surface area is 179 Å². The number of hydrogen-bond donors (Lipinski definition) is 2. The van der Waals surface area contributed by atoms with E-state index in [-0.39, 0.29) is 5.41 Å². The molecule has 0 unspecified atom stereocenters. The highest BCUT2D eigenvalue weighted by Gasteiger charge is 2.18. The van der Waals surface area contributed by atoms with Gasteiger partial charge in [-0.05, 0) is 34.2 Å². The van der Waals surface area contributed by atoms with Gasteiger partial charge in [0.2, 0.25) is 0 Å². The second kappa shape index (κ2) is 8.08. The molecule has 0 aliphatic heterocycles. The number of nitrogens with two attached hydrogens (primary N) is 1. The summed E-state index contributed by atoms with van der Waals surface area (Å²) in [4.78, 5) is 0. The summed E-state index contributed by atoms with van der Waals surface area (Å²) in [5, 5.41) is 3.69. The summed E-state index contributed by atoms with van der Waals surface area (Å²) in [7, 11) is 0. The van der Waals surface area contributed by atoms with Crippen molar-refractivity contribution in [3.05, 3.63) is 103 Å². The van der Waals surface area contributed by atoms with E-state index in [9.17, 15) is 0 Å². The van der Waals surface area contributed by atoms with Gasteiger partial charge in [0.05, 0.1) is 11.4 Å². The second-order valence-electron chi connectivity index (χ2n) is 8.64. The molecular formula is C28H28N2. The van der Waals surface area contributed by atoms with Gasteiger partial charge in [-0.2, -0.15) is 0 Å². The summed E-state index contributed by atoms with van der Waals surface area (Å²) in [6.45, 7) is 6.71. The lowest BCUT2D eigenvalue weighted by Gasteiger charge is -2.23. The van der Waals surface area contributed by atoms with Crippen LogP contribution in [-0.4, -0.2) is 0 Å². The molecule has 150 valence electrons. The Bertz CT molecular complexity index is 1140. The monoisotopic (exact) mass is 392 g/mol. The van der Waals surface area contributed by atoms with Crippen molar-refractivity contribution in [1.29, 1.82) is 0 Å². The van der Waals surface area contributed by atoms with Gasteiger partial charge in [0.25, 0.3) is 0 Å². The van der Waals surface area contributed by atoms with Crippen LogP contribution in [0.5, 0.6) is 0 Å². The number of nitrogens with one attached hydrogen (secondary N) is 1. The van der Waals surface area contributed by atoms with Gasteiger partial charge in [-0.3, -0.25) is 0 Å². The Hall–Kier alpha value is -3.52. The molecule has 4 aromatic rings. The molecule has 0 heterocycles. The molecule has 4 rings (SSSR count). The van der Waals surface area contributed by atoms with Gasteiger partial charge in [0.15, 0.2) is 0 Å². The molecule has 0 aromatic heterocycles. The zero-order chi connectivity index (χ0) is 21.1. The SMILES string of the molecule is CC(C)(C)c1ccc(-c2ccccc2)c(Nc2c(N)cccc2-c2ccccc2)c1. The molecule has 2 heteroatoms. The minimum Gasteiger partial charge on any atom is -0.397 e. The third kappa shape index (κ3) is 4.08. The van der Waals surface area contributed by atoms with Crippen LogP contribution in [0, 0.1) is 0 Å². The zero-order valence-electron chi connectivity index (χ0n) is 17.8. The van der Waals surface area contributed by atoms with Crippen molar-refractivity contribution in [2.75, 3.05) is 11.1 Å².